The van der Waals surface area contributed by atoms with Gasteiger partial charge >= 0.3 is 6.03 Å². The largest absolute Gasteiger partial charge is 0.333 e. The lowest BCUT2D eigenvalue weighted by Gasteiger charge is -2.11. The number of urea groups is 1. The number of amides is 3. The molecule has 1 aliphatic rings. The highest BCUT2D eigenvalue weighted by Crippen LogP contribution is 2.25. The minimum absolute atomic E-state index is 0.215. The van der Waals surface area contributed by atoms with Crippen molar-refractivity contribution >= 4 is 35.3 Å². The van der Waals surface area contributed by atoms with Gasteiger partial charge in [-0.3, -0.25) is 4.79 Å². The van der Waals surface area contributed by atoms with E-state index >= 15 is 0 Å². The highest BCUT2D eigenvalue weighted by molar-refractivity contribution is 6.32. The van der Waals surface area contributed by atoms with E-state index in [9.17, 15) is 9.59 Å². The predicted octanol–water partition coefficient (Wildman–Crippen LogP) is 4.54. The standard InChI is InChI=1S/C21H16ClN3O2/c1-14-5-2-7-16(11-14)24-10-4-9-17(24)13-19-20(26)25(21(27)23-19)18-8-3-6-15(22)12-18/h2-13H,1H3,(H,23,27)/b19-13+. The van der Waals surface area contributed by atoms with Gasteiger partial charge < -0.3 is 9.88 Å². The number of carbonyl (C=O) groups is 2. The minimum Gasteiger partial charge on any atom is -0.317 e. The lowest BCUT2D eigenvalue weighted by atomic mass is 10.2. The van der Waals surface area contributed by atoms with Gasteiger partial charge in [0.05, 0.1) is 5.69 Å². The molecule has 4 rings (SSSR count). The molecule has 5 nitrogen and oxygen atoms in total. The topological polar surface area (TPSA) is 54.3 Å². The molecule has 0 atom stereocenters. The Morgan fingerprint density at radius 2 is 1.74 bits per heavy atom. The van der Waals surface area contributed by atoms with Crippen LogP contribution in [0.4, 0.5) is 10.5 Å². The second-order valence-electron chi connectivity index (χ2n) is 6.25. The van der Waals surface area contributed by atoms with Crippen molar-refractivity contribution in [3.8, 4) is 5.69 Å². The molecule has 2 heterocycles. The van der Waals surface area contributed by atoms with Crippen LogP contribution < -0.4 is 10.2 Å². The molecule has 1 fully saturated rings. The van der Waals surface area contributed by atoms with E-state index in [-0.39, 0.29) is 5.70 Å². The maximum atomic E-state index is 12.8. The maximum Gasteiger partial charge on any atom is 0.333 e. The molecule has 27 heavy (non-hydrogen) atoms. The third kappa shape index (κ3) is 3.25. The first-order valence-corrected chi connectivity index (χ1v) is 8.78. The minimum atomic E-state index is -0.498. The third-order valence-electron chi connectivity index (χ3n) is 4.30. The summed E-state index contributed by atoms with van der Waals surface area (Å²) < 4.78 is 1.96. The molecule has 0 spiro atoms. The number of imide groups is 1. The fourth-order valence-corrected chi connectivity index (χ4v) is 3.24. The third-order valence-corrected chi connectivity index (χ3v) is 4.53. The van der Waals surface area contributed by atoms with E-state index in [0.717, 1.165) is 21.8 Å². The van der Waals surface area contributed by atoms with Gasteiger partial charge in [-0.25, -0.2) is 9.69 Å². The van der Waals surface area contributed by atoms with E-state index in [2.05, 4.69) is 11.4 Å². The van der Waals surface area contributed by atoms with Crippen molar-refractivity contribution in [1.29, 1.82) is 0 Å². The van der Waals surface area contributed by atoms with Crippen LogP contribution in [0.1, 0.15) is 11.3 Å². The van der Waals surface area contributed by atoms with Crippen LogP contribution in [0.2, 0.25) is 5.02 Å². The quantitative estimate of drug-likeness (QED) is 0.538. The fourth-order valence-electron chi connectivity index (χ4n) is 3.06. The lowest BCUT2D eigenvalue weighted by Crippen LogP contribution is -2.30. The first kappa shape index (κ1) is 17.1. The number of carbonyl (C=O) groups excluding carboxylic acids is 2. The summed E-state index contributed by atoms with van der Waals surface area (Å²) in [7, 11) is 0. The Hall–Kier alpha value is -3.31. The van der Waals surface area contributed by atoms with E-state index in [0.29, 0.717) is 10.7 Å². The van der Waals surface area contributed by atoms with E-state index < -0.39 is 11.9 Å². The normalized spacial score (nSPS) is 15.5. The van der Waals surface area contributed by atoms with Gasteiger partial charge in [0.2, 0.25) is 0 Å². The van der Waals surface area contributed by atoms with Crippen LogP contribution in [0.5, 0.6) is 0 Å². The maximum absolute atomic E-state index is 12.8. The second kappa shape index (κ2) is 6.78. The zero-order valence-corrected chi connectivity index (χ0v) is 15.3. The van der Waals surface area contributed by atoms with Gasteiger partial charge in [-0.05, 0) is 61.0 Å². The molecule has 134 valence electrons. The van der Waals surface area contributed by atoms with Crippen molar-refractivity contribution in [1.82, 2.24) is 9.88 Å². The fraction of sp³-hybridized carbons (Fsp3) is 0.0476. The molecular weight excluding hydrogens is 362 g/mol. The van der Waals surface area contributed by atoms with Gasteiger partial charge in [0, 0.05) is 22.6 Å². The molecule has 1 N–H and O–H groups in total. The molecular formula is C21H16ClN3O2. The van der Waals surface area contributed by atoms with Crippen molar-refractivity contribution in [2.24, 2.45) is 0 Å². The molecule has 1 aliphatic heterocycles. The molecule has 0 saturated carbocycles. The molecule has 0 bridgehead atoms. The van der Waals surface area contributed by atoms with Crippen LogP contribution in [0.3, 0.4) is 0 Å². The SMILES string of the molecule is Cc1cccc(-n2cccc2/C=C2/NC(=O)N(c3cccc(Cl)c3)C2=O)c1. The molecule has 0 unspecified atom stereocenters. The summed E-state index contributed by atoms with van der Waals surface area (Å²) in [5.41, 5.74) is 3.56. The second-order valence-corrected chi connectivity index (χ2v) is 6.69. The smallest absolute Gasteiger partial charge is 0.317 e. The number of halogens is 1. The highest BCUT2D eigenvalue weighted by Gasteiger charge is 2.35. The van der Waals surface area contributed by atoms with Gasteiger partial charge in [-0.15, -0.1) is 0 Å². The summed E-state index contributed by atoms with van der Waals surface area (Å²) in [6.07, 6.45) is 3.59. The van der Waals surface area contributed by atoms with Gasteiger partial charge in [-0.1, -0.05) is 29.8 Å². The van der Waals surface area contributed by atoms with Crippen LogP contribution in [-0.4, -0.2) is 16.5 Å². The van der Waals surface area contributed by atoms with Crippen molar-refractivity contribution in [2.45, 2.75) is 6.92 Å². The van der Waals surface area contributed by atoms with Crippen molar-refractivity contribution in [3.63, 3.8) is 0 Å². The average Bonchev–Trinajstić information content (AvgIpc) is 3.20. The summed E-state index contributed by atoms with van der Waals surface area (Å²) in [6, 6.07) is 18.0. The summed E-state index contributed by atoms with van der Waals surface area (Å²) in [6.45, 7) is 2.02. The van der Waals surface area contributed by atoms with E-state index in [1.165, 1.54) is 0 Å². The number of benzene rings is 2. The van der Waals surface area contributed by atoms with Crippen LogP contribution in [0.25, 0.3) is 11.8 Å². The van der Waals surface area contributed by atoms with Crippen LogP contribution >= 0.6 is 11.6 Å². The molecule has 1 aromatic heterocycles. The zero-order chi connectivity index (χ0) is 19.0. The monoisotopic (exact) mass is 377 g/mol. The zero-order valence-electron chi connectivity index (χ0n) is 14.5. The van der Waals surface area contributed by atoms with E-state index in [4.69, 9.17) is 11.6 Å². The number of nitrogens with one attached hydrogen (secondary N) is 1. The average molecular weight is 378 g/mol. The van der Waals surface area contributed by atoms with Gasteiger partial charge in [-0.2, -0.15) is 0 Å². The Balaban J connectivity index is 1.69. The van der Waals surface area contributed by atoms with E-state index in [1.807, 2.05) is 48.0 Å². The summed E-state index contributed by atoms with van der Waals surface area (Å²) in [4.78, 5) is 26.2. The Bertz CT molecular complexity index is 1080. The molecule has 0 aliphatic carbocycles. The van der Waals surface area contributed by atoms with Crippen LogP contribution in [0, 0.1) is 6.92 Å². The van der Waals surface area contributed by atoms with Crippen molar-refractivity contribution < 1.29 is 9.59 Å². The highest BCUT2D eigenvalue weighted by atomic mass is 35.5. The Labute approximate surface area is 161 Å². The molecule has 6 heteroatoms. The number of aromatic nitrogens is 1. The summed E-state index contributed by atoms with van der Waals surface area (Å²) in [5, 5.41) is 3.10. The summed E-state index contributed by atoms with van der Waals surface area (Å²) >= 11 is 5.98. The van der Waals surface area contributed by atoms with Gasteiger partial charge in [0.25, 0.3) is 5.91 Å². The molecule has 3 amide bonds. The number of rotatable bonds is 3. The summed E-state index contributed by atoms with van der Waals surface area (Å²) in [5.74, 6) is -0.417. The molecule has 2 aromatic carbocycles. The first-order valence-electron chi connectivity index (χ1n) is 8.40. The predicted molar refractivity (Wildman–Crippen MR) is 106 cm³/mol. The number of hydrogen-bond donors (Lipinski definition) is 1. The number of nitrogens with zero attached hydrogens (tertiary/aromatic N) is 2. The Morgan fingerprint density at radius 3 is 2.52 bits per heavy atom. The van der Waals surface area contributed by atoms with Gasteiger partial charge in [0.15, 0.2) is 0 Å². The number of anilines is 1. The first-order chi connectivity index (χ1) is 13.0. The number of aryl methyl sites for hydroxylation is 1. The van der Waals surface area contributed by atoms with Crippen LogP contribution in [-0.2, 0) is 4.79 Å². The van der Waals surface area contributed by atoms with Crippen LogP contribution in [0.15, 0.2) is 72.6 Å². The Morgan fingerprint density at radius 1 is 0.963 bits per heavy atom. The van der Waals surface area contributed by atoms with Crippen molar-refractivity contribution in [2.75, 3.05) is 4.90 Å². The van der Waals surface area contributed by atoms with Crippen molar-refractivity contribution in [3.05, 3.63) is 88.8 Å². The lowest BCUT2D eigenvalue weighted by molar-refractivity contribution is -0.113. The van der Waals surface area contributed by atoms with Gasteiger partial charge in [0.1, 0.15) is 5.70 Å². The molecule has 1 saturated heterocycles. The molecule has 3 aromatic rings. The molecule has 0 radical (unpaired) electrons. The Kier molecular flexibility index (Phi) is 4.30. The van der Waals surface area contributed by atoms with E-state index in [1.54, 1.807) is 30.3 Å². The number of hydrogen-bond acceptors (Lipinski definition) is 2.